The quantitative estimate of drug-likeness (QED) is 0.854. The maximum Gasteiger partial charge on any atom is 0.161 e. The zero-order valence-corrected chi connectivity index (χ0v) is 9.63. The minimum absolute atomic E-state index is 0.518. The molecule has 1 saturated carbocycles. The lowest BCUT2D eigenvalue weighted by atomic mass is 9.80. The maximum atomic E-state index is 5.68. The van der Waals surface area contributed by atoms with Crippen molar-refractivity contribution in [1.82, 2.24) is 9.97 Å². The smallest absolute Gasteiger partial charge is 0.161 e. The van der Waals surface area contributed by atoms with Gasteiger partial charge in [-0.2, -0.15) is 0 Å². The molecule has 0 spiro atoms. The highest BCUT2D eigenvalue weighted by atomic mass is 14.9. The molecular weight excluding hydrogens is 210 g/mol. The molecule has 3 heteroatoms. The molecule has 1 aliphatic rings. The van der Waals surface area contributed by atoms with Crippen LogP contribution in [0.1, 0.15) is 30.7 Å². The molecular formula is C14H15N3. The van der Waals surface area contributed by atoms with E-state index in [0.29, 0.717) is 11.6 Å². The summed E-state index contributed by atoms with van der Waals surface area (Å²) in [6, 6.07) is 10.2. The van der Waals surface area contributed by atoms with Gasteiger partial charge < -0.3 is 5.73 Å². The highest BCUT2D eigenvalue weighted by molar-refractivity contribution is 5.57. The van der Waals surface area contributed by atoms with Crippen molar-refractivity contribution >= 4 is 5.82 Å². The second-order valence-corrected chi connectivity index (χ2v) is 4.56. The summed E-state index contributed by atoms with van der Waals surface area (Å²) in [5, 5.41) is 0. The number of rotatable bonds is 2. The largest absolute Gasteiger partial charge is 0.384 e. The zero-order valence-electron chi connectivity index (χ0n) is 9.63. The van der Waals surface area contributed by atoms with Crippen molar-refractivity contribution in [2.24, 2.45) is 0 Å². The van der Waals surface area contributed by atoms with Gasteiger partial charge in [0.1, 0.15) is 5.82 Å². The molecule has 1 aromatic heterocycles. The lowest BCUT2D eigenvalue weighted by Crippen LogP contribution is -2.08. The number of hydrogen-bond acceptors (Lipinski definition) is 3. The third-order valence-corrected chi connectivity index (χ3v) is 3.40. The average Bonchev–Trinajstić information content (AvgIpc) is 2.27. The molecule has 0 unspecified atom stereocenters. The molecule has 1 aromatic carbocycles. The van der Waals surface area contributed by atoms with Crippen molar-refractivity contribution in [1.29, 1.82) is 0 Å². The van der Waals surface area contributed by atoms with Crippen LogP contribution >= 0.6 is 0 Å². The van der Waals surface area contributed by atoms with Crippen molar-refractivity contribution in [2.75, 3.05) is 5.73 Å². The molecule has 0 radical (unpaired) electrons. The van der Waals surface area contributed by atoms with Crippen LogP contribution in [0, 0.1) is 0 Å². The number of benzene rings is 1. The molecule has 1 heterocycles. The van der Waals surface area contributed by atoms with Gasteiger partial charge in [0.2, 0.25) is 0 Å². The average molecular weight is 225 g/mol. The maximum absolute atomic E-state index is 5.68. The summed E-state index contributed by atoms with van der Waals surface area (Å²) in [7, 11) is 0. The first-order chi connectivity index (χ1) is 8.33. The molecule has 0 bridgehead atoms. The summed E-state index contributed by atoms with van der Waals surface area (Å²) in [4.78, 5) is 8.52. The molecule has 2 N–H and O–H groups in total. The minimum Gasteiger partial charge on any atom is -0.384 e. The molecule has 2 aromatic rings. The van der Waals surface area contributed by atoms with E-state index in [1.54, 1.807) is 12.3 Å². The second-order valence-electron chi connectivity index (χ2n) is 4.56. The summed E-state index contributed by atoms with van der Waals surface area (Å²) < 4.78 is 0. The summed E-state index contributed by atoms with van der Waals surface area (Å²) in [5.41, 5.74) is 8.14. The number of hydrogen-bond donors (Lipinski definition) is 1. The molecule has 3 rings (SSSR count). The summed E-state index contributed by atoms with van der Waals surface area (Å²) in [5.74, 6) is 1.96. The molecule has 1 aliphatic carbocycles. The topological polar surface area (TPSA) is 51.8 Å². The van der Waals surface area contributed by atoms with Gasteiger partial charge in [-0.25, -0.2) is 9.97 Å². The highest BCUT2D eigenvalue weighted by Crippen LogP contribution is 2.37. The van der Waals surface area contributed by atoms with Gasteiger partial charge in [-0.15, -0.1) is 0 Å². The molecule has 17 heavy (non-hydrogen) atoms. The third-order valence-electron chi connectivity index (χ3n) is 3.40. The molecule has 3 nitrogen and oxygen atoms in total. The lowest BCUT2D eigenvalue weighted by molar-refractivity contribution is 0.420. The van der Waals surface area contributed by atoms with Crippen molar-refractivity contribution in [3.8, 4) is 11.4 Å². The standard InChI is InChI=1S/C14H15N3/c15-13-7-8-16-14(17-13)12-6-2-5-11(9-12)10-3-1-4-10/h2,5-10H,1,3-4H2,(H2,15,16,17). The van der Waals surface area contributed by atoms with Gasteiger partial charge in [-0.1, -0.05) is 24.6 Å². The highest BCUT2D eigenvalue weighted by Gasteiger charge is 2.19. The lowest BCUT2D eigenvalue weighted by Gasteiger charge is -2.26. The Hall–Kier alpha value is -1.90. The van der Waals surface area contributed by atoms with Gasteiger partial charge in [0.05, 0.1) is 0 Å². The fourth-order valence-corrected chi connectivity index (χ4v) is 2.19. The fraction of sp³-hybridized carbons (Fsp3) is 0.286. The predicted molar refractivity (Wildman–Crippen MR) is 68.5 cm³/mol. The van der Waals surface area contributed by atoms with Gasteiger partial charge >= 0.3 is 0 Å². The van der Waals surface area contributed by atoms with Crippen molar-refractivity contribution in [2.45, 2.75) is 25.2 Å². The Bertz CT molecular complexity index is 532. The molecule has 0 atom stereocenters. The Morgan fingerprint density at radius 3 is 2.76 bits per heavy atom. The van der Waals surface area contributed by atoms with Gasteiger partial charge in [-0.05, 0) is 36.5 Å². The van der Waals surface area contributed by atoms with E-state index in [-0.39, 0.29) is 0 Å². The summed E-state index contributed by atoms with van der Waals surface area (Å²) in [6.07, 6.45) is 5.67. The molecule has 1 fully saturated rings. The molecule has 86 valence electrons. The van der Waals surface area contributed by atoms with Crippen LogP contribution in [0.4, 0.5) is 5.82 Å². The number of nitrogen functional groups attached to an aromatic ring is 1. The van der Waals surface area contributed by atoms with Crippen LogP contribution in [0.15, 0.2) is 36.5 Å². The van der Waals surface area contributed by atoms with Crippen molar-refractivity contribution < 1.29 is 0 Å². The Morgan fingerprint density at radius 2 is 2.06 bits per heavy atom. The van der Waals surface area contributed by atoms with Crippen LogP contribution in [0.3, 0.4) is 0 Å². The van der Waals surface area contributed by atoms with E-state index in [1.807, 2.05) is 6.07 Å². The van der Waals surface area contributed by atoms with Crippen LogP contribution in [0.2, 0.25) is 0 Å². The van der Waals surface area contributed by atoms with Gasteiger partial charge in [0, 0.05) is 11.8 Å². The monoisotopic (exact) mass is 225 g/mol. The van der Waals surface area contributed by atoms with E-state index in [9.17, 15) is 0 Å². The number of anilines is 1. The Balaban J connectivity index is 1.97. The minimum atomic E-state index is 0.518. The van der Waals surface area contributed by atoms with E-state index in [4.69, 9.17) is 5.73 Å². The number of nitrogens with two attached hydrogens (primary N) is 1. The van der Waals surface area contributed by atoms with Gasteiger partial charge in [0.15, 0.2) is 5.82 Å². The van der Waals surface area contributed by atoms with Crippen molar-refractivity contribution in [3.05, 3.63) is 42.1 Å². The van der Waals surface area contributed by atoms with E-state index >= 15 is 0 Å². The third kappa shape index (κ3) is 2.00. The van der Waals surface area contributed by atoms with Crippen LogP contribution in [0.5, 0.6) is 0 Å². The zero-order chi connectivity index (χ0) is 11.7. The normalized spacial score (nSPS) is 15.5. The summed E-state index contributed by atoms with van der Waals surface area (Å²) in [6.45, 7) is 0. The van der Waals surface area contributed by atoms with E-state index in [1.165, 1.54) is 24.8 Å². The number of aromatic nitrogens is 2. The van der Waals surface area contributed by atoms with Crippen molar-refractivity contribution in [3.63, 3.8) is 0 Å². The summed E-state index contributed by atoms with van der Waals surface area (Å²) >= 11 is 0. The van der Waals surface area contributed by atoms with Crippen LogP contribution < -0.4 is 5.73 Å². The van der Waals surface area contributed by atoms with Gasteiger partial charge in [0.25, 0.3) is 0 Å². The van der Waals surface area contributed by atoms with Gasteiger partial charge in [-0.3, -0.25) is 0 Å². The first-order valence-electron chi connectivity index (χ1n) is 6.02. The first-order valence-corrected chi connectivity index (χ1v) is 6.02. The Morgan fingerprint density at radius 1 is 1.18 bits per heavy atom. The van der Waals surface area contributed by atoms with Crippen LogP contribution in [0.25, 0.3) is 11.4 Å². The van der Waals surface area contributed by atoms with Crippen LogP contribution in [-0.2, 0) is 0 Å². The second kappa shape index (κ2) is 4.17. The Kier molecular flexibility index (Phi) is 2.52. The fourth-order valence-electron chi connectivity index (χ4n) is 2.19. The SMILES string of the molecule is Nc1ccnc(-c2cccc(C3CCC3)c2)n1. The first kappa shape index (κ1) is 10.3. The van der Waals surface area contributed by atoms with E-state index in [2.05, 4.69) is 28.2 Å². The van der Waals surface area contributed by atoms with E-state index in [0.717, 1.165) is 11.5 Å². The predicted octanol–water partition coefficient (Wildman–Crippen LogP) is 2.99. The van der Waals surface area contributed by atoms with E-state index < -0.39 is 0 Å². The van der Waals surface area contributed by atoms with Crippen LogP contribution in [-0.4, -0.2) is 9.97 Å². The molecule has 0 saturated heterocycles. The molecule has 0 amide bonds. The Labute approximate surface area is 101 Å². The molecule has 0 aliphatic heterocycles. The number of nitrogens with zero attached hydrogens (tertiary/aromatic N) is 2.